The normalized spacial score (nSPS) is 26.0. The molecule has 1 aromatic heterocycles. The van der Waals surface area contributed by atoms with Crippen LogP contribution >= 0.6 is 11.8 Å². The quantitative estimate of drug-likeness (QED) is 0.826. The molecule has 0 amide bonds. The first-order valence-electron chi connectivity index (χ1n) is 5.45. The van der Waals surface area contributed by atoms with Gasteiger partial charge in [-0.15, -0.1) is 0 Å². The number of nitrogens with zero attached hydrogens (tertiary/aromatic N) is 3. The topological polar surface area (TPSA) is 42.7 Å². The Labute approximate surface area is 94.8 Å². The van der Waals surface area contributed by atoms with Crippen molar-refractivity contribution in [3.05, 3.63) is 12.2 Å². The second-order valence-electron chi connectivity index (χ2n) is 4.01. The average Bonchev–Trinajstić information content (AvgIpc) is 2.77. The molecule has 0 radical (unpaired) electrons. The van der Waals surface area contributed by atoms with Crippen LogP contribution < -0.4 is 5.32 Å². The molecule has 2 unspecified atom stereocenters. The highest BCUT2D eigenvalue weighted by Gasteiger charge is 2.22. The molecule has 1 fully saturated rings. The molecule has 0 aliphatic carbocycles. The van der Waals surface area contributed by atoms with Crippen molar-refractivity contribution in [3.63, 3.8) is 0 Å². The van der Waals surface area contributed by atoms with E-state index in [0.29, 0.717) is 6.04 Å². The lowest BCUT2D eigenvalue weighted by atomic mass is 10.1. The average molecular weight is 226 g/mol. The zero-order chi connectivity index (χ0) is 10.7. The summed E-state index contributed by atoms with van der Waals surface area (Å²) in [6, 6.07) is 0.679. The van der Waals surface area contributed by atoms with Gasteiger partial charge < -0.3 is 5.32 Å². The third-order valence-electron chi connectivity index (χ3n) is 2.78. The van der Waals surface area contributed by atoms with Crippen LogP contribution in [0.1, 0.15) is 19.2 Å². The molecule has 15 heavy (non-hydrogen) atoms. The predicted molar refractivity (Wildman–Crippen MR) is 63.0 cm³/mol. The van der Waals surface area contributed by atoms with Crippen molar-refractivity contribution in [2.75, 3.05) is 12.3 Å². The molecule has 2 rings (SSSR count). The van der Waals surface area contributed by atoms with E-state index in [-0.39, 0.29) is 0 Å². The van der Waals surface area contributed by atoms with Crippen LogP contribution in [0.15, 0.2) is 6.33 Å². The van der Waals surface area contributed by atoms with E-state index in [9.17, 15) is 0 Å². The zero-order valence-electron chi connectivity index (χ0n) is 9.31. The van der Waals surface area contributed by atoms with E-state index in [4.69, 9.17) is 0 Å². The third kappa shape index (κ3) is 2.95. The Morgan fingerprint density at radius 2 is 2.53 bits per heavy atom. The molecule has 2 heterocycles. The van der Waals surface area contributed by atoms with Gasteiger partial charge in [-0.05, 0) is 12.2 Å². The number of nitrogens with one attached hydrogen (secondary N) is 1. The van der Waals surface area contributed by atoms with E-state index >= 15 is 0 Å². The molecule has 1 saturated heterocycles. The van der Waals surface area contributed by atoms with Crippen LogP contribution in [0.2, 0.25) is 0 Å². The molecule has 4 nitrogen and oxygen atoms in total. The monoisotopic (exact) mass is 226 g/mol. The highest BCUT2D eigenvalue weighted by molar-refractivity contribution is 8.00. The van der Waals surface area contributed by atoms with Gasteiger partial charge in [-0.25, -0.2) is 4.98 Å². The molecule has 1 aliphatic rings. The van der Waals surface area contributed by atoms with Gasteiger partial charge >= 0.3 is 0 Å². The number of aryl methyl sites for hydroxylation is 1. The van der Waals surface area contributed by atoms with Gasteiger partial charge in [0.05, 0.1) is 0 Å². The highest BCUT2D eigenvalue weighted by atomic mass is 32.2. The maximum absolute atomic E-state index is 4.25. The van der Waals surface area contributed by atoms with Crippen molar-refractivity contribution >= 4 is 11.8 Å². The van der Waals surface area contributed by atoms with Gasteiger partial charge in [0.25, 0.3) is 0 Å². The van der Waals surface area contributed by atoms with Crippen LogP contribution in [-0.2, 0) is 13.5 Å². The largest absolute Gasteiger partial charge is 0.312 e. The van der Waals surface area contributed by atoms with Gasteiger partial charge in [0.2, 0.25) is 0 Å². The van der Waals surface area contributed by atoms with Crippen LogP contribution in [0, 0.1) is 0 Å². The Balaban J connectivity index is 1.70. The van der Waals surface area contributed by atoms with E-state index in [1.54, 1.807) is 11.0 Å². The van der Waals surface area contributed by atoms with E-state index < -0.39 is 0 Å². The molecule has 0 bridgehead atoms. The second-order valence-corrected chi connectivity index (χ2v) is 5.49. The number of hydrogen-bond acceptors (Lipinski definition) is 4. The smallest absolute Gasteiger partial charge is 0.151 e. The van der Waals surface area contributed by atoms with E-state index in [1.165, 1.54) is 12.2 Å². The van der Waals surface area contributed by atoms with E-state index in [0.717, 1.165) is 24.0 Å². The summed E-state index contributed by atoms with van der Waals surface area (Å²) in [6.45, 7) is 3.29. The third-order valence-corrected chi connectivity index (χ3v) is 4.10. The molecule has 1 aromatic rings. The van der Waals surface area contributed by atoms with Crippen LogP contribution in [0.25, 0.3) is 0 Å². The summed E-state index contributed by atoms with van der Waals surface area (Å²) in [6.07, 6.45) is 3.97. The molecule has 1 aliphatic heterocycles. The number of rotatable bonds is 4. The van der Waals surface area contributed by atoms with E-state index in [2.05, 4.69) is 34.1 Å². The summed E-state index contributed by atoms with van der Waals surface area (Å²) in [4.78, 5) is 4.21. The fraction of sp³-hybridized carbons (Fsp3) is 0.800. The molecular formula is C10H18N4S. The van der Waals surface area contributed by atoms with Crippen LogP contribution in [0.5, 0.6) is 0 Å². The maximum atomic E-state index is 4.25. The van der Waals surface area contributed by atoms with Gasteiger partial charge in [0.15, 0.2) is 5.82 Å². The minimum absolute atomic E-state index is 0.679. The summed E-state index contributed by atoms with van der Waals surface area (Å²) >= 11 is 2.06. The van der Waals surface area contributed by atoms with Crippen molar-refractivity contribution in [1.29, 1.82) is 0 Å². The molecule has 0 aromatic carbocycles. The number of hydrogen-bond donors (Lipinski definition) is 1. The SMILES string of the molecule is CC1SCCC1NCCc1ncn(C)n1. The van der Waals surface area contributed by atoms with Gasteiger partial charge in [-0.1, -0.05) is 6.92 Å². The molecule has 0 saturated carbocycles. The Morgan fingerprint density at radius 3 is 3.13 bits per heavy atom. The lowest BCUT2D eigenvalue weighted by Gasteiger charge is -2.15. The summed E-state index contributed by atoms with van der Waals surface area (Å²) in [7, 11) is 1.90. The molecule has 84 valence electrons. The highest BCUT2D eigenvalue weighted by Crippen LogP contribution is 2.25. The molecule has 5 heteroatoms. The van der Waals surface area contributed by atoms with Crippen LogP contribution in [-0.4, -0.2) is 38.4 Å². The first kappa shape index (κ1) is 11.0. The van der Waals surface area contributed by atoms with E-state index in [1.807, 2.05) is 7.05 Å². The summed E-state index contributed by atoms with van der Waals surface area (Å²) in [5, 5.41) is 8.58. The lowest BCUT2D eigenvalue weighted by molar-refractivity contribution is 0.512. The Kier molecular flexibility index (Phi) is 3.64. The fourth-order valence-corrected chi connectivity index (χ4v) is 3.09. The minimum Gasteiger partial charge on any atom is -0.312 e. The molecule has 1 N–H and O–H groups in total. The van der Waals surface area contributed by atoms with Crippen molar-refractivity contribution in [2.24, 2.45) is 7.05 Å². The van der Waals surface area contributed by atoms with Crippen molar-refractivity contribution in [2.45, 2.75) is 31.1 Å². The first-order chi connectivity index (χ1) is 7.25. The fourth-order valence-electron chi connectivity index (χ4n) is 1.87. The standard InChI is InChI=1S/C10H18N4S/c1-8-9(4-6-15-8)11-5-3-10-12-7-14(2)13-10/h7-9,11H,3-6H2,1-2H3. The minimum atomic E-state index is 0.679. The summed E-state index contributed by atoms with van der Waals surface area (Å²) in [5.41, 5.74) is 0. The second kappa shape index (κ2) is 4.99. The maximum Gasteiger partial charge on any atom is 0.151 e. The Morgan fingerprint density at radius 1 is 1.67 bits per heavy atom. The van der Waals surface area contributed by atoms with Crippen molar-refractivity contribution in [3.8, 4) is 0 Å². The molecular weight excluding hydrogens is 208 g/mol. The molecule has 2 atom stereocenters. The van der Waals surface area contributed by atoms with Gasteiger partial charge in [-0.2, -0.15) is 16.9 Å². The first-order valence-corrected chi connectivity index (χ1v) is 6.50. The number of aromatic nitrogens is 3. The predicted octanol–water partition coefficient (Wildman–Crippen LogP) is 0.841. The summed E-state index contributed by atoms with van der Waals surface area (Å²) in [5.74, 6) is 2.23. The Hall–Kier alpha value is -0.550. The van der Waals surface area contributed by atoms with Crippen molar-refractivity contribution < 1.29 is 0 Å². The van der Waals surface area contributed by atoms with Crippen LogP contribution in [0.4, 0.5) is 0 Å². The van der Waals surface area contributed by atoms with Gasteiger partial charge in [0.1, 0.15) is 6.33 Å². The summed E-state index contributed by atoms with van der Waals surface area (Å²) < 4.78 is 1.75. The molecule has 0 spiro atoms. The van der Waals surface area contributed by atoms with Gasteiger partial charge in [-0.3, -0.25) is 4.68 Å². The van der Waals surface area contributed by atoms with Gasteiger partial charge in [0, 0.05) is 31.3 Å². The Bertz CT molecular complexity index is 312. The van der Waals surface area contributed by atoms with Crippen LogP contribution in [0.3, 0.4) is 0 Å². The zero-order valence-corrected chi connectivity index (χ0v) is 10.1. The lowest BCUT2D eigenvalue weighted by Crippen LogP contribution is -2.34. The van der Waals surface area contributed by atoms with Crippen molar-refractivity contribution in [1.82, 2.24) is 20.1 Å². The number of thioether (sulfide) groups is 1.